The van der Waals surface area contributed by atoms with Gasteiger partial charge in [0.1, 0.15) is 22.3 Å². The standard InChI is InChI=1S/C49H27N3O2/c1-2-15-33(29(14-1)30-19-9-20-32-31-18-7-12-28-13-8-21-36(43(28)31)44(30)32)47-50-48(37-22-10-26-41-45(37)34-16-3-5-24-39(34)53-41)52-49(51-47)38-23-11-27-42-46(38)35-17-4-6-25-40(35)54-42/h1-27H. The number of fused-ring (bicyclic) bond motifs is 9. The zero-order valence-electron chi connectivity index (χ0n) is 28.7. The zero-order chi connectivity index (χ0) is 35.3. The highest BCUT2D eigenvalue weighted by Crippen LogP contribution is 2.52. The SMILES string of the molecule is c1ccc(-c2cccc3c2-c2cccc4cccc-3c24)c(-c2nc(-c3cccc4oc5ccccc5c34)nc(-c3cccc4oc5ccccc5c34)n2)c1. The van der Waals surface area contributed by atoms with Crippen molar-refractivity contribution < 1.29 is 8.83 Å². The number of hydrogen-bond acceptors (Lipinski definition) is 5. The van der Waals surface area contributed by atoms with E-state index in [9.17, 15) is 0 Å². The Kier molecular flexibility index (Phi) is 5.99. The second-order valence-electron chi connectivity index (χ2n) is 13.8. The number of nitrogens with zero attached hydrogens (tertiary/aromatic N) is 3. The molecule has 0 saturated heterocycles. The minimum absolute atomic E-state index is 0.572. The van der Waals surface area contributed by atoms with E-state index in [-0.39, 0.29) is 0 Å². The lowest BCUT2D eigenvalue weighted by Gasteiger charge is -2.15. The molecule has 12 rings (SSSR count). The minimum atomic E-state index is 0.572. The van der Waals surface area contributed by atoms with Crippen LogP contribution in [0, 0.1) is 0 Å². The molecule has 0 atom stereocenters. The Morgan fingerprint density at radius 3 is 1.31 bits per heavy atom. The highest BCUT2D eigenvalue weighted by Gasteiger charge is 2.26. The predicted octanol–water partition coefficient (Wildman–Crippen LogP) is 13.1. The van der Waals surface area contributed by atoms with Crippen LogP contribution in [0.3, 0.4) is 0 Å². The van der Waals surface area contributed by atoms with Crippen molar-refractivity contribution in [2.75, 3.05) is 0 Å². The lowest BCUT2D eigenvalue weighted by molar-refractivity contribution is 0.668. The summed E-state index contributed by atoms with van der Waals surface area (Å²) in [5, 5.41) is 6.53. The minimum Gasteiger partial charge on any atom is -0.456 e. The summed E-state index contributed by atoms with van der Waals surface area (Å²) in [6.07, 6.45) is 0. The van der Waals surface area contributed by atoms with Crippen molar-refractivity contribution in [3.05, 3.63) is 164 Å². The Hall–Kier alpha value is -7.37. The van der Waals surface area contributed by atoms with Gasteiger partial charge in [-0.1, -0.05) is 140 Å². The van der Waals surface area contributed by atoms with E-state index in [1.54, 1.807) is 0 Å². The third-order valence-corrected chi connectivity index (χ3v) is 10.9. The van der Waals surface area contributed by atoms with Crippen LogP contribution in [-0.2, 0) is 0 Å². The van der Waals surface area contributed by atoms with E-state index in [0.717, 1.165) is 71.7 Å². The van der Waals surface area contributed by atoms with E-state index in [1.807, 2.05) is 60.7 Å². The number of benzene rings is 8. The van der Waals surface area contributed by atoms with Crippen LogP contribution in [0.1, 0.15) is 0 Å². The van der Waals surface area contributed by atoms with Crippen LogP contribution >= 0.6 is 0 Å². The predicted molar refractivity (Wildman–Crippen MR) is 218 cm³/mol. The van der Waals surface area contributed by atoms with Crippen LogP contribution in [0.5, 0.6) is 0 Å². The van der Waals surface area contributed by atoms with E-state index in [2.05, 4.69) is 103 Å². The lowest BCUT2D eigenvalue weighted by atomic mass is 9.90. The number of aromatic nitrogens is 3. The van der Waals surface area contributed by atoms with Crippen LogP contribution in [0.25, 0.3) is 122 Å². The van der Waals surface area contributed by atoms with Gasteiger partial charge in [-0.3, -0.25) is 0 Å². The molecule has 0 unspecified atom stereocenters. The maximum absolute atomic E-state index is 6.33. The second kappa shape index (κ2) is 11.1. The van der Waals surface area contributed by atoms with Crippen LogP contribution in [-0.4, -0.2) is 15.0 Å². The largest absolute Gasteiger partial charge is 0.456 e. The van der Waals surface area contributed by atoms with Crippen molar-refractivity contribution in [3.63, 3.8) is 0 Å². The van der Waals surface area contributed by atoms with E-state index in [4.69, 9.17) is 23.8 Å². The van der Waals surface area contributed by atoms with E-state index >= 15 is 0 Å². The molecule has 1 aliphatic carbocycles. The number of furan rings is 2. The van der Waals surface area contributed by atoms with Gasteiger partial charge in [-0.2, -0.15) is 0 Å². The van der Waals surface area contributed by atoms with Gasteiger partial charge < -0.3 is 8.83 Å². The molecule has 0 bridgehead atoms. The van der Waals surface area contributed by atoms with Crippen molar-refractivity contribution in [1.29, 1.82) is 0 Å². The van der Waals surface area contributed by atoms with Crippen molar-refractivity contribution >= 4 is 54.6 Å². The summed E-state index contributed by atoms with van der Waals surface area (Å²) in [5.74, 6) is 1.73. The average molecular weight is 690 g/mol. The first-order chi connectivity index (χ1) is 26.8. The van der Waals surface area contributed by atoms with Gasteiger partial charge in [-0.05, 0) is 68.4 Å². The van der Waals surface area contributed by atoms with Crippen LogP contribution in [0.2, 0.25) is 0 Å². The van der Waals surface area contributed by atoms with Gasteiger partial charge in [0.15, 0.2) is 17.5 Å². The molecule has 5 heteroatoms. The van der Waals surface area contributed by atoms with E-state index < -0.39 is 0 Å². The van der Waals surface area contributed by atoms with Crippen molar-refractivity contribution in [2.45, 2.75) is 0 Å². The van der Waals surface area contributed by atoms with Crippen LogP contribution < -0.4 is 0 Å². The maximum atomic E-state index is 6.33. The van der Waals surface area contributed by atoms with E-state index in [1.165, 1.54) is 33.0 Å². The number of rotatable bonds is 4. The van der Waals surface area contributed by atoms with Gasteiger partial charge >= 0.3 is 0 Å². The summed E-state index contributed by atoms with van der Waals surface area (Å²) in [6, 6.07) is 56.7. The third kappa shape index (κ3) is 4.12. The van der Waals surface area contributed by atoms with Gasteiger partial charge in [-0.15, -0.1) is 0 Å². The summed E-state index contributed by atoms with van der Waals surface area (Å²) in [7, 11) is 0. The third-order valence-electron chi connectivity index (χ3n) is 10.9. The molecule has 0 spiro atoms. The lowest BCUT2D eigenvalue weighted by Crippen LogP contribution is -2.02. The number of para-hydroxylation sites is 2. The van der Waals surface area contributed by atoms with Crippen LogP contribution in [0.15, 0.2) is 173 Å². The molecular weight excluding hydrogens is 663 g/mol. The summed E-state index contributed by atoms with van der Waals surface area (Å²) in [4.78, 5) is 16.0. The Labute approximate surface area is 308 Å². The highest BCUT2D eigenvalue weighted by molar-refractivity contribution is 6.19. The molecule has 54 heavy (non-hydrogen) atoms. The molecule has 1 aliphatic rings. The fourth-order valence-electron chi connectivity index (χ4n) is 8.64. The fourth-order valence-corrected chi connectivity index (χ4v) is 8.64. The van der Waals surface area contributed by atoms with Gasteiger partial charge in [-0.25, -0.2) is 15.0 Å². The topological polar surface area (TPSA) is 65.0 Å². The van der Waals surface area contributed by atoms with Gasteiger partial charge in [0, 0.05) is 38.2 Å². The van der Waals surface area contributed by atoms with Crippen molar-refractivity contribution in [3.8, 4) is 67.5 Å². The normalized spacial score (nSPS) is 12.1. The molecule has 0 aliphatic heterocycles. The molecule has 3 aromatic heterocycles. The summed E-state index contributed by atoms with van der Waals surface area (Å²) < 4.78 is 12.7. The Morgan fingerprint density at radius 1 is 0.278 bits per heavy atom. The summed E-state index contributed by atoms with van der Waals surface area (Å²) in [6.45, 7) is 0. The molecule has 0 radical (unpaired) electrons. The molecule has 0 fully saturated rings. The maximum Gasteiger partial charge on any atom is 0.164 e. The Morgan fingerprint density at radius 2 is 0.685 bits per heavy atom. The summed E-state index contributed by atoms with van der Waals surface area (Å²) >= 11 is 0. The van der Waals surface area contributed by atoms with Gasteiger partial charge in [0.2, 0.25) is 0 Å². The number of hydrogen-bond donors (Lipinski definition) is 0. The molecular formula is C49H27N3O2. The van der Waals surface area contributed by atoms with E-state index in [0.29, 0.717) is 17.5 Å². The van der Waals surface area contributed by atoms with Crippen molar-refractivity contribution in [1.82, 2.24) is 15.0 Å². The molecule has 0 amide bonds. The quantitative estimate of drug-likeness (QED) is 0.184. The first-order valence-corrected chi connectivity index (χ1v) is 18.1. The zero-order valence-corrected chi connectivity index (χ0v) is 28.7. The molecule has 3 heterocycles. The van der Waals surface area contributed by atoms with Gasteiger partial charge in [0.25, 0.3) is 0 Å². The second-order valence-corrected chi connectivity index (χ2v) is 13.8. The molecule has 11 aromatic rings. The Bertz CT molecular complexity index is 3220. The molecule has 8 aromatic carbocycles. The molecule has 0 saturated carbocycles. The fraction of sp³-hybridized carbons (Fsp3) is 0. The Balaban J connectivity index is 1.15. The van der Waals surface area contributed by atoms with Gasteiger partial charge in [0.05, 0.1) is 0 Å². The van der Waals surface area contributed by atoms with Crippen molar-refractivity contribution in [2.24, 2.45) is 0 Å². The molecule has 250 valence electrons. The average Bonchev–Trinajstić information content (AvgIpc) is 3.91. The smallest absolute Gasteiger partial charge is 0.164 e. The molecule has 5 nitrogen and oxygen atoms in total. The van der Waals surface area contributed by atoms with Crippen LogP contribution in [0.4, 0.5) is 0 Å². The molecule has 0 N–H and O–H groups in total. The monoisotopic (exact) mass is 689 g/mol. The first-order valence-electron chi connectivity index (χ1n) is 18.1. The first kappa shape index (κ1) is 29.2. The highest BCUT2D eigenvalue weighted by atomic mass is 16.3. The summed E-state index contributed by atoms with van der Waals surface area (Å²) in [5.41, 5.74) is 13.1.